The summed E-state index contributed by atoms with van der Waals surface area (Å²) in [7, 11) is 0. The standard InChI is InChI=1S/C14H19F3N2O3/c1-9(7-10(2)20)8-18-13(21)19-11-3-5-12(6-4-11)22-14(15,16)17/h3-6,9-10,20H,7-8H2,1-2H3,(H2,18,19,21). The lowest BCUT2D eigenvalue weighted by Crippen LogP contribution is -2.33. The van der Waals surface area contributed by atoms with Crippen molar-refractivity contribution in [2.75, 3.05) is 11.9 Å². The van der Waals surface area contributed by atoms with Gasteiger partial charge in [-0.3, -0.25) is 0 Å². The van der Waals surface area contributed by atoms with Crippen molar-refractivity contribution in [2.24, 2.45) is 5.92 Å². The van der Waals surface area contributed by atoms with Crippen molar-refractivity contribution >= 4 is 11.7 Å². The highest BCUT2D eigenvalue weighted by atomic mass is 19.4. The first-order valence-corrected chi connectivity index (χ1v) is 6.74. The summed E-state index contributed by atoms with van der Waals surface area (Å²) in [5, 5.41) is 14.3. The molecule has 0 aromatic heterocycles. The van der Waals surface area contributed by atoms with Gasteiger partial charge in [-0.1, -0.05) is 6.92 Å². The molecular weight excluding hydrogens is 301 g/mol. The van der Waals surface area contributed by atoms with E-state index < -0.39 is 18.5 Å². The van der Waals surface area contributed by atoms with E-state index in [-0.39, 0.29) is 11.7 Å². The second-order valence-corrected chi connectivity index (χ2v) is 5.10. The average molecular weight is 320 g/mol. The van der Waals surface area contributed by atoms with E-state index in [9.17, 15) is 23.1 Å². The summed E-state index contributed by atoms with van der Waals surface area (Å²) in [6, 6.07) is 4.36. The third-order valence-electron chi connectivity index (χ3n) is 2.70. The predicted molar refractivity (Wildman–Crippen MR) is 75.6 cm³/mol. The summed E-state index contributed by atoms with van der Waals surface area (Å²) >= 11 is 0. The Morgan fingerprint density at radius 2 is 1.86 bits per heavy atom. The van der Waals surface area contributed by atoms with Crippen molar-refractivity contribution in [1.82, 2.24) is 5.32 Å². The second kappa shape index (κ2) is 7.88. The fourth-order valence-corrected chi connectivity index (χ4v) is 1.85. The zero-order valence-electron chi connectivity index (χ0n) is 12.3. The minimum Gasteiger partial charge on any atom is -0.406 e. The van der Waals surface area contributed by atoms with Crippen molar-refractivity contribution in [3.05, 3.63) is 24.3 Å². The number of hydrogen-bond acceptors (Lipinski definition) is 3. The van der Waals surface area contributed by atoms with Crippen molar-refractivity contribution in [3.63, 3.8) is 0 Å². The van der Waals surface area contributed by atoms with E-state index in [1.165, 1.54) is 12.1 Å². The molecule has 0 aliphatic carbocycles. The van der Waals surface area contributed by atoms with E-state index in [1.807, 2.05) is 6.92 Å². The highest BCUT2D eigenvalue weighted by Gasteiger charge is 2.30. The van der Waals surface area contributed by atoms with Crippen LogP contribution in [0.25, 0.3) is 0 Å². The van der Waals surface area contributed by atoms with Crippen LogP contribution in [0.3, 0.4) is 0 Å². The highest BCUT2D eigenvalue weighted by Crippen LogP contribution is 2.23. The summed E-state index contributed by atoms with van der Waals surface area (Å²) in [4.78, 5) is 11.6. The van der Waals surface area contributed by atoms with Gasteiger partial charge in [-0.15, -0.1) is 13.2 Å². The first kappa shape index (κ1) is 18.1. The van der Waals surface area contributed by atoms with Gasteiger partial charge in [0.2, 0.25) is 0 Å². The summed E-state index contributed by atoms with van der Waals surface area (Å²) in [5.41, 5.74) is 0.343. The van der Waals surface area contributed by atoms with E-state index in [4.69, 9.17) is 0 Å². The largest absolute Gasteiger partial charge is 0.573 e. The lowest BCUT2D eigenvalue weighted by molar-refractivity contribution is -0.274. The molecule has 0 aliphatic rings. The van der Waals surface area contributed by atoms with Gasteiger partial charge in [-0.2, -0.15) is 0 Å². The molecule has 0 bridgehead atoms. The minimum atomic E-state index is -4.74. The normalized spacial score (nSPS) is 14.1. The Morgan fingerprint density at radius 3 is 2.36 bits per heavy atom. The van der Waals surface area contributed by atoms with Gasteiger partial charge in [0, 0.05) is 12.2 Å². The molecule has 1 aromatic carbocycles. The Hall–Kier alpha value is -1.96. The lowest BCUT2D eigenvalue weighted by atomic mass is 10.1. The number of benzene rings is 1. The van der Waals surface area contributed by atoms with Gasteiger partial charge in [0.05, 0.1) is 6.10 Å². The van der Waals surface area contributed by atoms with Gasteiger partial charge >= 0.3 is 12.4 Å². The lowest BCUT2D eigenvalue weighted by Gasteiger charge is -2.15. The van der Waals surface area contributed by atoms with Crippen LogP contribution in [-0.2, 0) is 0 Å². The number of aliphatic hydroxyl groups is 1. The summed E-state index contributed by atoms with van der Waals surface area (Å²) < 4.78 is 39.7. The van der Waals surface area contributed by atoms with Crippen LogP contribution in [0, 0.1) is 5.92 Å². The molecule has 8 heteroatoms. The molecule has 2 atom stereocenters. The first-order chi connectivity index (χ1) is 10.2. The molecule has 2 amide bonds. The molecule has 1 aromatic rings. The Balaban J connectivity index is 2.41. The molecule has 1 rings (SSSR count). The molecule has 3 N–H and O–H groups in total. The minimum absolute atomic E-state index is 0.105. The number of alkyl halides is 3. The summed E-state index contributed by atoms with van der Waals surface area (Å²) in [6.07, 6.45) is -4.63. The average Bonchev–Trinajstić information content (AvgIpc) is 2.36. The number of aliphatic hydroxyl groups excluding tert-OH is 1. The van der Waals surface area contributed by atoms with E-state index in [2.05, 4.69) is 15.4 Å². The number of amides is 2. The maximum absolute atomic E-state index is 12.0. The van der Waals surface area contributed by atoms with Crippen molar-refractivity contribution in [3.8, 4) is 5.75 Å². The van der Waals surface area contributed by atoms with Gasteiger partial charge in [0.1, 0.15) is 5.75 Å². The molecule has 22 heavy (non-hydrogen) atoms. The highest BCUT2D eigenvalue weighted by molar-refractivity contribution is 5.89. The van der Waals surface area contributed by atoms with Crippen LogP contribution in [-0.4, -0.2) is 30.1 Å². The van der Waals surface area contributed by atoms with Gasteiger partial charge in [-0.05, 0) is 43.5 Å². The molecule has 5 nitrogen and oxygen atoms in total. The quantitative estimate of drug-likeness (QED) is 0.754. The van der Waals surface area contributed by atoms with E-state index in [0.29, 0.717) is 18.7 Å². The number of urea groups is 1. The van der Waals surface area contributed by atoms with Crippen LogP contribution in [0.4, 0.5) is 23.7 Å². The molecule has 0 saturated carbocycles. The fraction of sp³-hybridized carbons (Fsp3) is 0.500. The van der Waals surface area contributed by atoms with Crippen molar-refractivity contribution in [1.29, 1.82) is 0 Å². The second-order valence-electron chi connectivity index (χ2n) is 5.10. The van der Waals surface area contributed by atoms with Crippen LogP contribution < -0.4 is 15.4 Å². The number of carbonyl (C=O) groups is 1. The van der Waals surface area contributed by atoms with Crippen LogP contribution in [0.15, 0.2) is 24.3 Å². The van der Waals surface area contributed by atoms with Crippen LogP contribution in [0.5, 0.6) is 5.75 Å². The topological polar surface area (TPSA) is 70.6 Å². The Labute approximate surface area is 126 Å². The summed E-state index contributed by atoms with van der Waals surface area (Å²) in [6.45, 7) is 3.93. The van der Waals surface area contributed by atoms with E-state index >= 15 is 0 Å². The van der Waals surface area contributed by atoms with Gasteiger partial charge in [0.25, 0.3) is 0 Å². The molecule has 124 valence electrons. The monoisotopic (exact) mass is 320 g/mol. The number of ether oxygens (including phenoxy) is 1. The number of carbonyl (C=O) groups excluding carboxylic acids is 1. The number of rotatable bonds is 6. The maximum Gasteiger partial charge on any atom is 0.573 e. The molecule has 0 radical (unpaired) electrons. The third-order valence-corrected chi connectivity index (χ3v) is 2.70. The fourth-order valence-electron chi connectivity index (χ4n) is 1.85. The zero-order valence-corrected chi connectivity index (χ0v) is 12.3. The van der Waals surface area contributed by atoms with Gasteiger partial charge in [0.15, 0.2) is 0 Å². The first-order valence-electron chi connectivity index (χ1n) is 6.74. The smallest absolute Gasteiger partial charge is 0.406 e. The maximum atomic E-state index is 12.0. The van der Waals surface area contributed by atoms with Gasteiger partial charge < -0.3 is 20.5 Å². The van der Waals surface area contributed by atoms with Crippen LogP contribution in [0.1, 0.15) is 20.3 Å². The third kappa shape index (κ3) is 7.72. The van der Waals surface area contributed by atoms with E-state index in [1.54, 1.807) is 6.92 Å². The Bertz CT molecular complexity index is 475. The molecular formula is C14H19F3N2O3. The molecule has 2 unspecified atom stereocenters. The zero-order chi connectivity index (χ0) is 16.8. The van der Waals surface area contributed by atoms with Crippen molar-refractivity contribution < 1.29 is 27.8 Å². The Kier molecular flexibility index (Phi) is 6.48. The molecule has 0 saturated heterocycles. The number of anilines is 1. The SMILES string of the molecule is CC(O)CC(C)CNC(=O)Nc1ccc(OC(F)(F)F)cc1. The van der Waals surface area contributed by atoms with Crippen LogP contribution >= 0.6 is 0 Å². The molecule has 0 aliphatic heterocycles. The Morgan fingerprint density at radius 1 is 1.27 bits per heavy atom. The predicted octanol–water partition coefficient (Wildman–Crippen LogP) is 3.11. The summed E-state index contributed by atoms with van der Waals surface area (Å²) in [5.74, 6) is -0.252. The molecule has 0 fully saturated rings. The van der Waals surface area contributed by atoms with E-state index in [0.717, 1.165) is 12.1 Å². The number of halogens is 3. The van der Waals surface area contributed by atoms with Crippen LogP contribution in [0.2, 0.25) is 0 Å². The number of nitrogens with one attached hydrogen (secondary N) is 2. The molecule has 0 heterocycles. The molecule has 0 spiro atoms. The number of hydrogen-bond donors (Lipinski definition) is 3. The van der Waals surface area contributed by atoms with Gasteiger partial charge in [-0.25, -0.2) is 4.79 Å². The van der Waals surface area contributed by atoms with Crippen molar-refractivity contribution in [2.45, 2.75) is 32.7 Å².